The highest BCUT2D eigenvalue weighted by Gasteiger charge is 2.18. The summed E-state index contributed by atoms with van der Waals surface area (Å²) in [6.45, 7) is 6.15. The van der Waals surface area contributed by atoms with Crippen LogP contribution in [0.25, 0.3) is 0 Å². The predicted octanol–water partition coefficient (Wildman–Crippen LogP) is 4.14. The minimum absolute atomic E-state index is 0.0127. The van der Waals surface area contributed by atoms with E-state index in [4.69, 9.17) is 11.6 Å². The Hall–Kier alpha value is -1.54. The van der Waals surface area contributed by atoms with E-state index in [2.05, 4.69) is 23.6 Å². The molecule has 0 saturated heterocycles. The largest absolute Gasteiger partial charge is 0.341 e. The second kappa shape index (κ2) is 5.62. The van der Waals surface area contributed by atoms with Crippen molar-refractivity contribution < 1.29 is 4.79 Å². The van der Waals surface area contributed by atoms with Crippen LogP contribution in [0.2, 0.25) is 0 Å². The first-order valence-electron chi connectivity index (χ1n) is 6.38. The van der Waals surface area contributed by atoms with E-state index in [0.29, 0.717) is 0 Å². The Morgan fingerprint density at radius 1 is 1.26 bits per heavy atom. The van der Waals surface area contributed by atoms with Crippen LogP contribution in [-0.4, -0.2) is 16.2 Å². The lowest BCUT2D eigenvalue weighted by atomic mass is 10.1. The summed E-state index contributed by atoms with van der Waals surface area (Å²) < 4.78 is 2.19. The smallest absolute Gasteiger partial charge is 0.179 e. The number of hydrogen-bond donors (Lipinski definition) is 0. The molecule has 100 valence electrons. The molecule has 0 radical (unpaired) electrons. The van der Waals surface area contributed by atoms with Gasteiger partial charge in [-0.25, -0.2) is 0 Å². The lowest BCUT2D eigenvalue weighted by Gasteiger charge is -2.19. The highest BCUT2D eigenvalue weighted by molar-refractivity contribution is 6.30. The minimum Gasteiger partial charge on any atom is -0.341 e. The van der Waals surface area contributed by atoms with Crippen molar-refractivity contribution in [2.45, 2.75) is 26.8 Å². The molecular formula is C16H18ClNO. The summed E-state index contributed by atoms with van der Waals surface area (Å²) in [6.07, 6.45) is 0. The van der Waals surface area contributed by atoms with E-state index in [-0.39, 0.29) is 17.7 Å². The summed E-state index contributed by atoms with van der Waals surface area (Å²) in [5.74, 6) is 0.0191. The molecule has 2 rings (SSSR count). The van der Waals surface area contributed by atoms with Gasteiger partial charge in [-0.1, -0.05) is 30.3 Å². The molecule has 1 aromatic carbocycles. The van der Waals surface area contributed by atoms with Crippen LogP contribution >= 0.6 is 11.6 Å². The third-order valence-electron chi connectivity index (χ3n) is 3.58. The number of alkyl halides is 1. The summed E-state index contributed by atoms with van der Waals surface area (Å²) >= 11 is 5.66. The van der Waals surface area contributed by atoms with E-state index < -0.39 is 0 Å². The van der Waals surface area contributed by atoms with Gasteiger partial charge in [0.25, 0.3) is 0 Å². The molecule has 3 heteroatoms. The van der Waals surface area contributed by atoms with E-state index in [0.717, 1.165) is 17.0 Å². The van der Waals surface area contributed by atoms with Crippen molar-refractivity contribution in [2.75, 3.05) is 5.88 Å². The molecule has 0 fully saturated rings. The number of halogens is 1. The first-order valence-corrected chi connectivity index (χ1v) is 6.92. The standard InChI is InChI=1S/C16H18ClNO/c1-11-9-15(16(19)10-17)13(3)18(11)12(2)14-7-5-4-6-8-14/h4-9,12H,10H2,1-3H3. The van der Waals surface area contributed by atoms with Crippen LogP contribution in [0.1, 0.15) is 40.3 Å². The SMILES string of the molecule is Cc1cc(C(=O)CCl)c(C)n1C(C)c1ccccc1. The van der Waals surface area contributed by atoms with Gasteiger partial charge in [-0.05, 0) is 32.4 Å². The van der Waals surface area contributed by atoms with Crippen molar-refractivity contribution >= 4 is 17.4 Å². The molecule has 1 heterocycles. The first kappa shape index (κ1) is 13.9. The lowest BCUT2D eigenvalue weighted by Crippen LogP contribution is -2.11. The second-order valence-corrected chi connectivity index (χ2v) is 5.07. The number of carbonyl (C=O) groups is 1. The average Bonchev–Trinajstić information content (AvgIpc) is 2.73. The van der Waals surface area contributed by atoms with Crippen LogP contribution in [0.5, 0.6) is 0 Å². The molecule has 0 aliphatic rings. The molecule has 1 unspecified atom stereocenters. The van der Waals surface area contributed by atoms with Gasteiger partial charge in [0.15, 0.2) is 5.78 Å². The number of Topliss-reactive ketones (excluding diaryl/α,β-unsaturated/α-hetero) is 1. The van der Waals surface area contributed by atoms with E-state index in [1.54, 1.807) is 0 Å². The predicted molar refractivity (Wildman–Crippen MR) is 79.2 cm³/mol. The molecule has 0 bridgehead atoms. The molecule has 0 aliphatic heterocycles. The highest BCUT2D eigenvalue weighted by atomic mass is 35.5. The molecule has 0 amide bonds. The molecule has 1 atom stereocenters. The summed E-state index contributed by atoms with van der Waals surface area (Å²) in [6, 6.07) is 12.4. The van der Waals surface area contributed by atoms with E-state index >= 15 is 0 Å². The van der Waals surface area contributed by atoms with Crippen LogP contribution in [-0.2, 0) is 0 Å². The Morgan fingerprint density at radius 3 is 2.47 bits per heavy atom. The Balaban J connectivity index is 2.46. The maximum atomic E-state index is 11.8. The van der Waals surface area contributed by atoms with E-state index in [1.807, 2.05) is 38.1 Å². The topological polar surface area (TPSA) is 22.0 Å². The van der Waals surface area contributed by atoms with Crippen LogP contribution in [0, 0.1) is 13.8 Å². The fourth-order valence-electron chi connectivity index (χ4n) is 2.61. The number of hydrogen-bond acceptors (Lipinski definition) is 1. The number of ketones is 1. The Labute approximate surface area is 119 Å². The van der Waals surface area contributed by atoms with Crippen molar-refractivity contribution in [1.82, 2.24) is 4.57 Å². The third-order valence-corrected chi connectivity index (χ3v) is 3.82. The van der Waals surface area contributed by atoms with Crippen molar-refractivity contribution in [2.24, 2.45) is 0 Å². The maximum Gasteiger partial charge on any atom is 0.179 e. The molecular weight excluding hydrogens is 258 g/mol. The van der Waals surface area contributed by atoms with Crippen molar-refractivity contribution in [1.29, 1.82) is 0 Å². The number of carbonyl (C=O) groups excluding carboxylic acids is 1. The third kappa shape index (κ3) is 2.59. The number of nitrogens with zero attached hydrogens (tertiary/aromatic N) is 1. The van der Waals surface area contributed by atoms with Gasteiger partial charge in [0.05, 0.1) is 11.9 Å². The van der Waals surface area contributed by atoms with Crippen molar-refractivity contribution in [3.63, 3.8) is 0 Å². The number of benzene rings is 1. The van der Waals surface area contributed by atoms with Gasteiger partial charge < -0.3 is 4.57 Å². The van der Waals surface area contributed by atoms with Gasteiger partial charge in [-0.15, -0.1) is 11.6 Å². The van der Waals surface area contributed by atoms with Crippen molar-refractivity contribution in [3.8, 4) is 0 Å². The first-order chi connectivity index (χ1) is 9.06. The average molecular weight is 276 g/mol. The lowest BCUT2D eigenvalue weighted by molar-refractivity contribution is 0.102. The molecule has 2 nitrogen and oxygen atoms in total. The number of rotatable bonds is 4. The van der Waals surface area contributed by atoms with Crippen LogP contribution in [0.3, 0.4) is 0 Å². The monoisotopic (exact) mass is 275 g/mol. The van der Waals surface area contributed by atoms with Crippen LogP contribution in [0.15, 0.2) is 36.4 Å². The van der Waals surface area contributed by atoms with Gasteiger partial charge in [-0.2, -0.15) is 0 Å². The molecule has 0 spiro atoms. The minimum atomic E-state index is -0.0127. The van der Waals surface area contributed by atoms with Crippen molar-refractivity contribution in [3.05, 3.63) is 58.9 Å². The van der Waals surface area contributed by atoms with E-state index in [9.17, 15) is 4.79 Å². The summed E-state index contributed by atoms with van der Waals surface area (Å²) in [4.78, 5) is 11.8. The number of aryl methyl sites for hydroxylation is 1. The Bertz CT molecular complexity index is 586. The highest BCUT2D eigenvalue weighted by Crippen LogP contribution is 2.25. The summed E-state index contributed by atoms with van der Waals surface area (Å²) in [7, 11) is 0. The van der Waals surface area contributed by atoms with Gasteiger partial charge in [0.2, 0.25) is 0 Å². The zero-order chi connectivity index (χ0) is 14.0. The summed E-state index contributed by atoms with van der Waals surface area (Å²) in [5.41, 5.74) is 4.03. The van der Waals surface area contributed by atoms with Gasteiger partial charge >= 0.3 is 0 Å². The van der Waals surface area contributed by atoms with Crippen LogP contribution < -0.4 is 0 Å². The summed E-state index contributed by atoms with van der Waals surface area (Å²) in [5, 5.41) is 0. The zero-order valence-electron chi connectivity index (χ0n) is 11.5. The molecule has 0 saturated carbocycles. The molecule has 0 N–H and O–H groups in total. The normalized spacial score (nSPS) is 12.4. The number of aromatic nitrogens is 1. The van der Waals surface area contributed by atoms with Gasteiger partial charge in [0.1, 0.15) is 0 Å². The van der Waals surface area contributed by atoms with Crippen LogP contribution in [0.4, 0.5) is 0 Å². The zero-order valence-corrected chi connectivity index (χ0v) is 12.2. The molecule has 1 aromatic heterocycles. The molecule has 0 aliphatic carbocycles. The maximum absolute atomic E-state index is 11.8. The molecule has 19 heavy (non-hydrogen) atoms. The van der Waals surface area contributed by atoms with Gasteiger partial charge in [-0.3, -0.25) is 4.79 Å². The Morgan fingerprint density at radius 2 is 1.89 bits per heavy atom. The quantitative estimate of drug-likeness (QED) is 0.607. The Kier molecular flexibility index (Phi) is 4.11. The molecule has 2 aromatic rings. The van der Waals surface area contributed by atoms with E-state index in [1.165, 1.54) is 5.56 Å². The fraction of sp³-hybridized carbons (Fsp3) is 0.312. The second-order valence-electron chi connectivity index (χ2n) is 4.80. The van der Waals surface area contributed by atoms with Gasteiger partial charge in [0, 0.05) is 17.0 Å². The fourth-order valence-corrected chi connectivity index (χ4v) is 2.75.